The standard InChI is InChI=1S/C18H19ClN4O2S/c1-12-5-4-6-15(7-12)10-23-11-20-18(21-23)22-26(24,25)17-9-13(2)16(19)8-14(17)3/h4-9,11H,10H2,1-3H3,(H,21,22). The molecule has 6 nitrogen and oxygen atoms in total. The highest BCUT2D eigenvalue weighted by atomic mass is 35.5. The van der Waals surface area contributed by atoms with Gasteiger partial charge in [0.15, 0.2) is 0 Å². The summed E-state index contributed by atoms with van der Waals surface area (Å²) in [5, 5.41) is 4.73. The third kappa shape index (κ3) is 4.05. The monoisotopic (exact) mass is 390 g/mol. The Morgan fingerprint density at radius 2 is 1.88 bits per heavy atom. The minimum absolute atomic E-state index is 0.0321. The Bertz CT molecular complexity index is 1060. The second kappa shape index (κ2) is 7.09. The molecule has 3 aromatic rings. The fourth-order valence-corrected chi connectivity index (χ4v) is 4.11. The Kier molecular flexibility index (Phi) is 5.02. The largest absolute Gasteiger partial charge is 0.264 e. The van der Waals surface area contributed by atoms with Crippen molar-refractivity contribution < 1.29 is 8.42 Å². The van der Waals surface area contributed by atoms with Crippen LogP contribution >= 0.6 is 11.6 Å². The molecule has 0 saturated carbocycles. The van der Waals surface area contributed by atoms with Crippen molar-refractivity contribution in [1.82, 2.24) is 14.8 Å². The molecule has 8 heteroatoms. The van der Waals surface area contributed by atoms with Gasteiger partial charge in [-0.15, -0.1) is 5.10 Å². The Hall–Kier alpha value is -2.38. The number of nitrogens with zero attached hydrogens (tertiary/aromatic N) is 3. The van der Waals surface area contributed by atoms with Crippen LogP contribution in [0.5, 0.6) is 0 Å². The summed E-state index contributed by atoms with van der Waals surface area (Å²) < 4.78 is 29.3. The summed E-state index contributed by atoms with van der Waals surface area (Å²) in [6, 6.07) is 11.2. The number of benzene rings is 2. The van der Waals surface area contributed by atoms with Crippen molar-refractivity contribution in [3.05, 3.63) is 70.0 Å². The summed E-state index contributed by atoms with van der Waals surface area (Å²) in [7, 11) is -3.80. The molecule has 3 rings (SSSR count). The van der Waals surface area contributed by atoms with Gasteiger partial charge >= 0.3 is 0 Å². The van der Waals surface area contributed by atoms with Gasteiger partial charge in [-0.3, -0.25) is 0 Å². The van der Waals surface area contributed by atoms with E-state index in [1.165, 1.54) is 6.33 Å². The SMILES string of the molecule is Cc1cccc(Cn2cnc(NS(=O)(=O)c3cc(C)c(Cl)cc3C)n2)c1. The van der Waals surface area contributed by atoms with Crippen LogP contribution in [0.15, 0.2) is 47.6 Å². The van der Waals surface area contributed by atoms with Crippen LogP contribution in [0, 0.1) is 20.8 Å². The topological polar surface area (TPSA) is 76.9 Å². The lowest BCUT2D eigenvalue weighted by Crippen LogP contribution is -2.16. The number of hydrogen-bond acceptors (Lipinski definition) is 4. The second-order valence-corrected chi connectivity index (χ2v) is 8.29. The van der Waals surface area contributed by atoms with Crippen molar-refractivity contribution in [3.63, 3.8) is 0 Å². The molecule has 26 heavy (non-hydrogen) atoms. The van der Waals surface area contributed by atoms with Gasteiger partial charge in [-0.2, -0.15) is 4.98 Å². The number of aryl methyl sites for hydroxylation is 3. The molecule has 0 spiro atoms. The summed E-state index contributed by atoms with van der Waals surface area (Å²) in [5.41, 5.74) is 3.47. The predicted octanol–water partition coefficient (Wildman–Crippen LogP) is 3.71. The van der Waals surface area contributed by atoms with E-state index in [0.29, 0.717) is 22.7 Å². The average Bonchev–Trinajstić information content (AvgIpc) is 2.97. The maximum absolute atomic E-state index is 12.7. The number of aromatic nitrogens is 3. The lowest BCUT2D eigenvalue weighted by Gasteiger charge is -2.10. The van der Waals surface area contributed by atoms with Gasteiger partial charge in [0.1, 0.15) is 6.33 Å². The Labute approximate surface area is 157 Å². The molecule has 2 aromatic carbocycles. The van der Waals surface area contributed by atoms with Crippen LogP contribution < -0.4 is 4.72 Å². The van der Waals surface area contributed by atoms with Crippen molar-refractivity contribution in [3.8, 4) is 0 Å². The van der Waals surface area contributed by atoms with Crippen LogP contribution in [-0.2, 0) is 16.6 Å². The first-order valence-corrected chi connectivity index (χ1v) is 9.85. The van der Waals surface area contributed by atoms with E-state index >= 15 is 0 Å². The third-order valence-corrected chi connectivity index (χ3v) is 5.81. The summed E-state index contributed by atoms with van der Waals surface area (Å²) >= 11 is 6.04. The third-order valence-electron chi connectivity index (χ3n) is 3.93. The summed E-state index contributed by atoms with van der Waals surface area (Å²) in [5.74, 6) is 0.0321. The average molecular weight is 391 g/mol. The number of hydrogen-bond donors (Lipinski definition) is 1. The van der Waals surface area contributed by atoms with Gasteiger partial charge in [-0.05, 0) is 49.6 Å². The molecule has 0 amide bonds. The summed E-state index contributed by atoms with van der Waals surface area (Å²) in [6.45, 7) is 5.98. The van der Waals surface area contributed by atoms with Gasteiger partial charge in [0.2, 0.25) is 0 Å². The van der Waals surface area contributed by atoms with Gasteiger partial charge < -0.3 is 0 Å². The predicted molar refractivity (Wildman–Crippen MR) is 102 cm³/mol. The number of halogens is 1. The lowest BCUT2D eigenvalue weighted by molar-refractivity contribution is 0.600. The number of nitrogens with one attached hydrogen (secondary N) is 1. The zero-order valence-electron chi connectivity index (χ0n) is 14.7. The van der Waals surface area contributed by atoms with Crippen molar-refractivity contribution >= 4 is 27.6 Å². The molecule has 0 aliphatic heterocycles. The van der Waals surface area contributed by atoms with E-state index in [1.807, 2.05) is 31.2 Å². The first kappa shape index (κ1) is 18.4. The number of anilines is 1. The van der Waals surface area contributed by atoms with Crippen LogP contribution in [0.4, 0.5) is 5.95 Å². The van der Waals surface area contributed by atoms with Crippen molar-refractivity contribution in [2.24, 2.45) is 0 Å². The molecule has 0 bridgehead atoms. The maximum Gasteiger partial charge on any atom is 0.264 e. The van der Waals surface area contributed by atoms with Gasteiger partial charge in [0, 0.05) is 5.02 Å². The smallest absolute Gasteiger partial charge is 0.246 e. The van der Waals surface area contributed by atoms with E-state index in [0.717, 1.165) is 11.1 Å². The normalized spacial score (nSPS) is 11.5. The molecule has 0 atom stereocenters. The second-order valence-electron chi connectivity index (χ2n) is 6.23. The summed E-state index contributed by atoms with van der Waals surface area (Å²) in [6.07, 6.45) is 1.50. The van der Waals surface area contributed by atoms with E-state index in [-0.39, 0.29) is 10.8 Å². The fraction of sp³-hybridized carbons (Fsp3) is 0.222. The van der Waals surface area contributed by atoms with Crippen LogP contribution in [0.2, 0.25) is 5.02 Å². The molecule has 0 saturated heterocycles. The molecule has 0 fully saturated rings. The van der Waals surface area contributed by atoms with Crippen LogP contribution in [0.3, 0.4) is 0 Å². The zero-order valence-corrected chi connectivity index (χ0v) is 16.3. The highest BCUT2D eigenvalue weighted by Gasteiger charge is 2.20. The minimum atomic E-state index is -3.80. The Morgan fingerprint density at radius 1 is 1.12 bits per heavy atom. The maximum atomic E-state index is 12.7. The molecular weight excluding hydrogens is 372 g/mol. The van der Waals surface area contributed by atoms with Gasteiger partial charge in [0.05, 0.1) is 11.4 Å². The molecule has 1 heterocycles. The molecule has 0 aliphatic rings. The first-order valence-electron chi connectivity index (χ1n) is 7.99. The molecule has 0 radical (unpaired) electrons. The van der Waals surface area contributed by atoms with Crippen molar-refractivity contribution in [1.29, 1.82) is 0 Å². The van der Waals surface area contributed by atoms with E-state index in [9.17, 15) is 8.42 Å². The van der Waals surface area contributed by atoms with Crippen LogP contribution in [0.1, 0.15) is 22.3 Å². The number of sulfonamides is 1. The summed E-state index contributed by atoms with van der Waals surface area (Å²) in [4.78, 5) is 4.21. The van der Waals surface area contributed by atoms with Crippen molar-refractivity contribution in [2.45, 2.75) is 32.2 Å². The Morgan fingerprint density at radius 3 is 2.62 bits per heavy atom. The highest BCUT2D eigenvalue weighted by molar-refractivity contribution is 7.92. The quantitative estimate of drug-likeness (QED) is 0.720. The Balaban J connectivity index is 1.81. The highest BCUT2D eigenvalue weighted by Crippen LogP contribution is 2.25. The molecule has 1 N–H and O–H groups in total. The van der Waals surface area contributed by atoms with Crippen molar-refractivity contribution in [2.75, 3.05) is 4.72 Å². The molecule has 0 aliphatic carbocycles. The van der Waals surface area contributed by atoms with Gasteiger partial charge in [-0.25, -0.2) is 17.8 Å². The lowest BCUT2D eigenvalue weighted by atomic mass is 10.1. The van der Waals surface area contributed by atoms with Crippen LogP contribution in [-0.4, -0.2) is 23.2 Å². The first-order chi connectivity index (χ1) is 12.2. The van der Waals surface area contributed by atoms with E-state index in [1.54, 1.807) is 30.7 Å². The molecule has 1 aromatic heterocycles. The minimum Gasteiger partial charge on any atom is -0.246 e. The molecule has 136 valence electrons. The molecular formula is C18H19ClN4O2S. The molecule has 0 unspecified atom stereocenters. The van der Waals surface area contributed by atoms with Gasteiger partial charge in [-0.1, -0.05) is 41.4 Å². The van der Waals surface area contributed by atoms with E-state index < -0.39 is 10.0 Å². The van der Waals surface area contributed by atoms with E-state index in [2.05, 4.69) is 14.8 Å². The van der Waals surface area contributed by atoms with Gasteiger partial charge in [0.25, 0.3) is 16.0 Å². The zero-order chi connectivity index (χ0) is 18.9. The van der Waals surface area contributed by atoms with Crippen LogP contribution in [0.25, 0.3) is 0 Å². The number of rotatable bonds is 5. The fourth-order valence-electron chi connectivity index (χ4n) is 2.63. The van der Waals surface area contributed by atoms with E-state index in [4.69, 9.17) is 11.6 Å².